The van der Waals surface area contributed by atoms with Crippen LogP contribution in [0.4, 0.5) is 5.95 Å². The van der Waals surface area contributed by atoms with Crippen molar-refractivity contribution in [3.8, 4) is 0 Å². The highest BCUT2D eigenvalue weighted by molar-refractivity contribution is 5.42. The molecule has 3 aromatic rings. The van der Waals surface area contributed by atoms with E-state index in [-0.39, 0.29) is 0 Å². The van der Waals surface area contributed by atoms with E-state index >= 15 is 0 Å². The zero-order chi connectivity index (χ0) is 11.7. The number of hydrogen-bond acceptors (Lipinski definition) is 5. The lowest BCUT2D eigenvalue weighted by Gasteiger charge is -1.95. The summed E-state index contributed by atoms with van der Waals surface area (Å²) in [6, 6.07) is 7.61. The van der Waals surface area contributed by atoms with Crippen LogP contribution in [-0.4, -0.2) is 19.8 Å². The summed E-state index contributed by atoms with van der Waals surface area (Å²) in [6.45, 7) is 2.41. The van der Waals surface area contributed by atoms with Crippen molar-refractivity contribution in [3.05, 3.63) is 41.9 Å². The third-order valence-corrected chi connectivity index (χ3v) is 2.35. The van der Waals surface area contributed by atoms with Gasteiger partial charge in [0, 0.05) is 12.3 Å². The van der Waals surface area contributed by atoms with Gasteiger partial charge in [0.1, 0.15) is 11.5 Å². The van der Waals surface area contributed by atoms with Gasteiger partial charge in [0.05, 0.1) is 6.54 Å². The summed E-state index contributed by atoms with van der Waals surface area (Å²) in [7, 11) is 0. The summed E-state index contributed by atoms with van der Waals surface area (Å²) in [5.41, 5.74) is 1.65. The summed E-state index contributed by atoms with van der Waals surface area (Å²) in [6.07, 6.45) is 1.85. The zero-order valence-electron chi connectivity index (χ0n) is 9.29. The molecule has 1 N–H and O–H groups in total. The van der Waals surface area contributed by atoms with Gasteiger partial charge < -0.3 is 9.84 Å². The first-order valence-electron chi connectivity index (χ1n) is 5.29. The molecule has 17 heavy (non-hydrogen) atoms. The fraction of sp³-hybridized carbons (Fsp3) is 0.182. The number of fused-ring (bicyclic) bond motifs is 1. The molecular formula is C11H11N5O. The van der Waals surface area contributed by atoms with E-state index in [1.165, 1.54) is 0 Å². The Morgan fingerprint density at radius 3 is 3.12 bits per heavy atom. The van der Waals surface area contributed by atoms with Gasteiger partial charge in [0.25, 0.3) is 0 Å². The smallest absolute Gasteiger partial charge is 0.243 e. The predicted octanol–water partition coefficient (Wildman–Crippen LogP) is 1.64. The molecule has 6 heteroatoms. The van der Waals surface area contributed by atoms with Crippen LogP contribution in [0.5, 0.6) is 0 Å². The van der Waals surface area contributed by atoms with Gasteiger partial charge in [-0.3, -0.25) is 0 Å². The minimum absolute atomic E-state index is 0.550. The van der Waals surface area contributed by atoms with Crippen LogP contribution in [-0.2, 0) is 6.54 Å². The van der Waals surface area contributed by atoms with Crippen molar-refractivity contribution in [2.75, 3.05) is 5.32 Å². The van der Waals surface area contributed by atoms with E-state index in [1.54, 1.807) is 4.52 Å². The summed E-state index contributed by atoms with van der Waals surface area (Å²) in [4.78, 5) is 4.32. The molecule has 3 rings (SSSR count). The number of pyridine rings is 1. The second-order valence-electron chi connectivity index (χ2n) is 3.72. The molecule has 3 heterocycles. The molecule has 0 aliphatic rings. The molecule has 0 unspecified atom stereocenters. The zero-order valence-corrected chi connectivity index (χ0v) is 9.29. The van der Waals surface area contributed by atoms with Crippen LogP contribution >= 0.6 is 0 Å². The number of nitrogens with one attached hydrogen (secondary N) is 1. The average Bonchev–Trinajstić information content (AvgIpc) is 2.91. The van der Waals surface area contributed by atoms with Crippen LogP contribution in [0.1, 0.15) is 11.5 Å². The molecule has 6 nitrogen and oxygen atoms in total. The van der Waals surface area contributed by atoms with Gasteiger partial charge in [0.15, 0.2) is 5.65 Å². The van der Waals surface area contributed by atoms with E-state index in [1.807, 2.05) is 37.4 Å². The SMILES string of the molecule is Cc1cc(CNc2nc3ccccn3n2)no1. The van der Waals surface area contributed by atoms with Gasteiger partial charge >= 0.3 is 0 Å². The van der Waals surface area contributed by atoms with Crippen LogP contribution in [0.2, 0.25) is 0 Å². The van der Waals surface area contributed by atoms with E-state index < -0.39 is 0 Å². The first kappa shape index (κ1) is 9.83. The quantitative estimate of drug-likeness (QED) is 0.739. The van der Waals surface area contributed by atoms with Gasteiger partial charge in [-0.15, -0.1) is 5.10 Å². The predicted molar refractivity (Wildman–Crippen MR) is 61.6 cm³/mol. The fourth-order valence-corrected chi connectivity index (χ4v) is 1.58. The number of hydrogen-bond donors (Lipinski definition) is 1. The fourth-order valence-electron chi connectivity index (χ4n) is 1.58. The van der Waals surface area contributed by atoms with Crippen LogP contribution < -0.4 is 5.32 Å². The maximum Gasteiger partial charge on any atom is 0.243 e. The molecule has 0 atom stereocenters. The summed E-state index contributed by atoms with van der Waals surface area (Å²) < 4.78 is 6.69. The van der Waals surface area contributed by atoms with Gasteiger partial charge in [-0.2, -0.15) is 4.98 Å². The number of aromatic nitrogens is 4. The Kier molecular flexibility index (Phi) is 2.25. The minimum atomic E-state index is 0.550. The molecule has 0 aromatic carbocycles. The van der Waals surface area contributed by atoms with Gasteiger partial charge in [0.2, 0.25) is 5.95 Å². The highest BCUT2D eigenvalue weighted by Gasteiger charge is 2.04. The highest BCUT2D eigenvalue weighted by Crippen LogP contribution is 2.07. The van der Waals surface area contributed by atoms with Crippen molar-refractivity contribution >= 4 is 11.6 Å². The third kappa shape index (κ3) is 1.96. The third-order valence-electron chi connectivity index (χ3n) is 2.35. The molecule has 86 valence electrons. The number of rotatable bonds is 3. The van der Waals surface area contributed by atoms with Crippen LogP contribution in [0.3, 0.4) is 0 Å². The molecule has 0 aliphatic heterocycles. The Morgan fingerprint density at radius 1 is 1.41 bits per heavy atom. The van der Waals surface area contributed by atoms with E-state index in [0.29, 0.717) is 12.5 Å². The van der Waals surface area contributed by atoms with E-state index in [0.717, 1.165) is 17.1 Å². The maximum atomic E-state index is 4.98. The minimum Gasteiger partial charge on any atom is -0.361 e. The van der Waals surface area contributed by atoms with E-state index in [4.69, 9.17) is 4.52 Å². The largest absolute Gasteiger partial charge is 0.361 e. The Bertz CT molecular complexity index is 609. The molecular weight excluding hydrogens is 218 g/mol. The molecule has 0 bridgehead atoms. The monoisotopic (exact) mass is 229 g/mol. The average molecular weight is 229 g/mol. The van der Waals surface area contributed by atoms with Crippen molar-refractivity contribution in [1.82, 2.24) is 19.8 Å². The van der Waals surface area contributed by atoms with Gasteiger partial charge in [-0.1, -0.05) is 11.2 Å². The lowest BCUT2D eigenvalue weighted by molar-refractivity contribution is 0.391. The van der Waals surface area contributed by atoms with E-state index in [2.05, 4.69) is 20.6 Å². The van der Waals surface area contributed by atoms with Crippen molar-refractivity contribution in [1.29, 1.82) is 0 Å². The molecule has 0 aliphatic carbocycles. The molecule has 3 aromatic heterocycles. The normalized spacial score (nSPS) is 10.9. The molecule has 0 radical (unpaired) electrons. The second-order valence-corrected chi connectivity index (χ2v) is 3.72. The Balaban J connectivity index is 1.76. The van der Waals surface area contributed by atoms with Crippen LogP contribution in [0.15, 0.2) is 35.0 Å². The summed E-state index contributed by atoms with van der Waals surface area (Å²) >= 11 is 0. The second kappa shape index (κ2) is 3.89. The molecule has 0 saturated carbocycles. The van der Waals surface area contributed by atoms with Crippen molar-refractivity contribution in [3.63, 3.8) is 0 Å². The molecule has 0 spiro atoms. The first-order valence-corrected chi connectivity index (χ1v) is 5.29. The lowest BCUT2D eigenvalue weighted by atomic mass is 10.4. The Morgan fingerprint density at radius 2 is 2.35 bits per heavy atom. The van der Waals surface area contributed by atoms with Crippen LogP contribution in [0.25, 0.3) is 5.65 Å². The Hall–Kier alpha value is -2.37. The highest BCUT2D eigenvalue weighted by atomic mass is 16.5. The summed E-state index contributed by atoms with van der Waals surface area (Å²) in [5, 5.41) is 11.3. The topological polar surface area (TPSA) is 68.2 Å². The van der Waals surface area contributed by atoms with Crippen molar-refractivity contribution in [2.24, 2.45) is 0 Å². The Labute approximate surface area is 97.3 Å². The van der Waals surface area contributed by atoms with Gasteiger partial charge in [-0.05, 0) is 19.1 Å². The first-order chi connectivity index (χ1) is 8.31. The summed E-state index contributed by atoms with van der Waals surface area (Å²) in [5.74, 6) is 1.38. The molecule has 0 amide bonds. The number of anilines is 1. The van der Waals surface area contributed by atoms with Crippen molar-refractivity contribution in [2.45, 2.75) is 13.5 Å². The van der Waals surface area contributed by atoms with Crippen molar-refractivity contribution < 1.29 is 4.52 Å². The number of nitrogens with zero attached hydrogens (tertiary/aromatic N) is 4. The van der Waals surface area contributed by atoms with E-state index in [9.17, 15) is 0 Å². The number of aryl methyl sites for hydroxylation is 1. The standard InChI is InChI=1S/C11H11N5O/c1-8-6-9(15-17-8)7-12-11-13-10-4-2-3-5-16(10)14-11/h2-6H,7H2,1H3,(H,12,14). The van der Waals surface area contributed by atoms with Crippen LogP contribution in [0, 0.1) is 6.92 Å². The molecule has 0 fully saturated rings. The lowest BCUT2D eigenvalue weighted by Crippen LogP contribution is -2.01. The maximum absolute atomic E-state index is 4.98. The molecule has 0 saturated heterocycles. The van der Waals surface area contributed by atoms with Gasteiger partial charge in [-0.25, -0.2) is 4.52 Å².